The molecule has 6 rings (SSSR count). The summed E-state index contributed by atoms with van der Waals surface area (Å²) in [5.74, 6) is -3.98. The van der Waals surface area contributed by atoms with Gasteiger partial charge in [0.15, 0.2) is 0 Å². The first-order valence-electron chi connectivity index (χ1n) is 16.4. The molecule has 2 N–H and O–H groups in total. The van der Waals surface area contributed by atoms with Gasteiger partial charge in [0.2, 0.25) is 11.8 Å². The fourth-order valence-corrected chi connectivity index (χ4v) is 8.40. The second-order valence-electron chi connectivity index (χ2n) is 12.6. The highest BCUT2D eigenvalue weighted by atomic mass is 79.9. The molecular weight excluding hydrogens is 718 g/mol. The Bertz CT molecular complexity index is 1640. The zero-order valence-electron chi connectivity index (χ0n) is 27.0. The molecule has 3 amide bonds. The van der Waals surface area contributed by atoms with Crippen molar-refractivity contribution in [3.05, 3.63) is 87.9 Å². The number of methoxy groups -OCH3 is 1. The first-order chi connectivity index (χ1) is 23.7. The summed E-state index contributed by atoms with van der Waals surface area (Å²) < 4.78 is 18.9. The lowest BCUT2D eigenvalue weighted by atomic mass is 9.74. The average molecular weight is 757 g/mol. The molecule has 4 aliphatic heterocycles. The van der Waals surface area contributed by atoms with Crippen molar-refractivity contribution in [3.63, 3.8) is 0 Å². The number of nitrogens with one attached hydrogen (secondary N) is 1. The first-order valence-corrected chi connectivity index (χ1v) is 17.6. The Labute approximate surface area is 298 Å². The van der Waals surface area contributed by atoms with Crippen molar-refractivity contribution in [3.8, 4) is 0 Å². The molecule has 0 radical (unpaired) electrons. The Hall–Kier alpha value is -3.55. The van der Waals surface area contributed by atoms with Crippen LogP contribution in [0.2, 0.25) is 5.02 Å². The van der Waals surface area contributed by atoms with E-state index in [1.54, 1.807) is 48.6 Å². The van der Waals surface area contributed by atoms with Crippen molar-refractivity contribution >= 4 is 56.9 Å². The molecule has 1 spiro atoms. The quantitative estimate of drug-likeness (QED) is 0.234. The Morgan fingerprint density at radius 2 is 1.78 bits per heavy atom. The number of aliphatic hydroxyl groups excluding tert-OH is 1. The third-order valence-electron chi connectivity index (χ3n) is 9.57. The number of fused-ring (bicyclic) bond motifs is 2. The molecule has 7 atom stereocenters. The Morgan fingerprint density at radius 3 is 2.51 bits per heavy atom. The van der Waals surface area contributed by atoms with E-state index in [2.05, 4.69) is 21.2 Å². The van der Waals surface area contributed by atoms with Crippen molar-refractivity contribution in [2.75, 3.05) is 38.3 Å². The highest BCUT2D eigenvalue weighted by Crippen LogP contribution is 2.59. The molecule has 4 aliphatic rings. The second-order valence-corrected chi connectivity index (χ2v) is 13.9. The van der Waals surface area contributed by atoms with Crippen LogP contribution in [0.3, 0.4) is 0 Å². The highest BCUT2D eigenvalue weighted by Gasteiger charge is 2.75. The predicted molar refractivity (Wildman–Crippen MR) is 185 cm³/mol. The fourth-order valence-electron chi connectivity index (χ4n) is 7.43. The van der Waals surface area contributed by atoms with Crippen LogP contribution in [-0.4, -0.2) is 90.9 Å². The number of aliphatic hydroxyl groups is 1. The molecule has 0 unspecified atom stereocenters. The van der Waals surface area contributed by atoms with Gasteiger partial charge in [0, 0.05) is 37.7 Å². The van der Waals surface area contributed by atoms with Crippen LogP contribution in [0, 0.1) is 11.8 Å². The van der Waals surface area contributed by atoms with Crippen molar-refractivity contribution < 1.29 is 38.5 Å². The van der Waals surface area contributed by atoms with Gasteiger partial charge in [0.25, 0.3) is 5.91 Å². The van der Waals surface area contributed by atoms with Gasteiger partial charge < -0.3 is 34.4 Å². The smallest absolute Gasteiger partial charge is 0.313 e. The van der Waals surface area contributed by atoms with Crippen LogP contribution < -0.4 is 10.2 Å². The van der Waals surface area contributed by atoms with E-state index >= 15 is 0 Å². The van der Waals surface area contributed by atoms with E-state index in [-0.39, 0.29) is 38.6 Å². The number of rotatable bonds is 8. The van der Waals surface area contributed by atoms with Gasteiger partial charge in [-0.05, 0) is 43.0 Å². The minimum absolute atomic E-state index is 0.0525. The molecule has 260 valence electrons. The Balaban J connectivity index is 1.48. The molecule has 2 aromatic carbocycles. The van der Waals surface area contributed by atoms with E-state index in [0.29, 0.717) is 40.0 Å². The molecule has 49 heavy (non-hydrogen) atoms. The third kappa shape index (κ3) is 6.69. The fraction of sp³-hybridized carbons (Fsp3) is 0.444. The summed E-state index contributed by atoms with van der Waals surface area (Å²) in [5, 5.41) is 12.9. The summed E-state index contributed by atoms with van der Waals surface area (Å²) in [6, 6.07) is 14.1. The third-order valence-corrected chi connectivity index (χ3v) is 10.6. The van der Waals surface area contributed by atoms with E-state index in [1.165, 1.54) is 16.9 Å². The number of hydrogen-bond acceptors (Lipinski definition) is 8. The summed E-state index contributed by atoms with van der Waals surface area (Å²) in [4.78, 5) is 60.1. The average Bonchev–Trinajstić information content (AvgIpc) is 3.68. The van der Waals surface area contributed by atoms with Crippen molar-refractivity contribution in [1.29, 1.82) is 0 Å². The van der Waals surface area contributed by atoms with Gasteiger partial charge in [-0.2, -0.15) is 0 Å². The molecule has 0 aliphatic carbocycles. The number of carbonyl (C=O) groups excluding carboxylic acids is 4. The summed E-state index contributed by atoms with van der Waals surface area (Å²) in [6.45, 7) is 0.236. The maximum absolute atomic E-state index is 14.9. The van der Waals surface area contributed by atoms with Crippen LogP contribution in [0.15, 0.2) is 77.3 Å². The zero-order chi connectivity index (χ0) is 34.7. The van der Waals surface area contributed by atoms with Crippen molar-refractivity contribution in [2.45, 2.75) is 55.6 Å². The highest BCUT2D eigenvalue weighted by molar-refractivity contribution is 9.11. The number of hydrogen-bond donors (Lipinski definition) is 2. The zero-order valence-corrected chi connectivity index (χ0v) is 29.3. The van der Waals surface area contributed by atoms with Gasteiger partial charge >= 0.3 is 5.97 Å². The van der Waals surface area contributed by atoms with Gasteiger partial charge in [-0.25, -0.2) is 0 Å². The number of benzene rings is 2. The number of para-hydroxylation sites is 1. The summed E-state index contributed by atoms with van der Waals surface area (Å²) >= 11 is 10.2. The van der Waals surface area contributed by atoms with E-state index in [1.807, 2.05) is 24.3 Å². The number of anilines is 1. The Morgan fingerprint density at radius 1 is 1.02 bits per heavy atom. The number of nitrogens with zero attached hydrogens (tertiary/aromatic N) is 2. The van der Waals surface area contributed by atoms with E-state index in [4.69, 9.17) is 25.8 Å². The maximum atomic E-state index is 14.9. The number of esters is 1. The molecule has 13 heteroatoms. The number of ether oxygens (including phenoxy) is 3. The van der Waals surface area contributed by atoms with Crippen LogP contribution in [0.25, 0.3) is 0 Å². The van der Waals surface area contributed by atoms with E-state index in [0.717, 1.165) is 0 Å². The normalized spacial score (nSPS) is 31.0. The van der Waals surface area contributed by atoms with Crippen LogP contribution in [0.1, 0.15) is 37.4 Å². The largest absolute Gasteiger partial charge is 0.455 e. The number of allylic oxidation sites excluding steroid dienone is 1. The molecule has 0 saturated carbocycles. The summed E-state index contributed by atoms with van der Waals surface area (Å²) in [6.07, 6.45) is 4.88. The van der Waals surface area contributed by atoms with Crippen LogP contribution in [0.4, 0.5) is 5.69 Å². The number of halogens is 2. The predicted octanol–water partition coefficient (Wildman–Crippen LogP) is 4.08. The SMILES string of the molecule is COC[C@H]1NC(=O)CC/C=C\CN(c2ccccc2Cl)C(=O)[C@@H]2N(CCCCO)C(=O)[C@H]3[C@H](C(=O)O[C@@H]1c1ccccc1)[C@H]1O[C@@]23C=C1Br. The number of amides is 3. The van der Waals surface area contributed by atoms with Gasteiger partial charge in [-0.1, -0.05) is 82.1 Å². The van der Waals surface area contributed by atoms with Crippen molar-refractivity contribution in [2.24, 2.45) is 11.8 Å². The van der Waals surface area contributed by atoms with Crippen LogP contribution in [-0.2, 0) is 33.4 Å². The second kappa shape index (κ2) is 15.1. The Kier molecular flexibility index (Phi) is 10.9. The topological polar surface area (TPSA) is 135 Å². The molecule has 0 aromatic heterocycles. The number of carbonyl (C=O) groups is 4. The van der Waals surface area contributed by atoms with Crippen LogP contribution in [0.5, 0.6) is 0 Å². The van der Waals surface area contributed by atoms with Crippen LogP contribution >= 0.6 is 27.5 Å². The summed E-state index contributed by atoms with van der Waals surface area (Å²) in [7, 11) is 1.50. The first kappa shape index (κ1) is 35.3. The van der Waals surface area contributed by atoms with Gasteiger partial charge in [0.05, 0.1) is 29.3 Å². The number of unbranched alkanes of at least 4 members (excludes halogenated alkanes) is 1. The van der Waals surface area contributed by atoms with E-state index < -0.39 is 59.5 Å². The minimum Gasteiger partial charge on any atom is -0.455 e. The standard InChI is InChI=1S/C36H39BrClN3O8/c1-47-21-25-30(22-12-4-2-5-13-22)48-35(46)28-29-33(44)41(18-10-11-19-42)32(36(29)20-23(37)31(28)49-36)34(45)40(26-15-8-7-14-24(26)38)17-9-3-6-16-27(43)39-25/h2-5,7-9,12-15,20,25,28-32,42H,6,10-11,16-19,21H2,1H3,(H,39,43)/b9-3-/t25-,28+,29-,30-,31+,32+,36-/m1/s1. The molecular formula is C36H39BrClN3O8. The van der Waals surface area contributed by atoms with Gasteiger partial charge in [0.1, 0.15) is 29.8 Å². The summed E-state index contributed by atoms with van der Waals surface area (Å²) in [5.41, 5.74) is -0.409. The molecule has 2 saturated heterocycles. The molecule has 5 bridgehead atoms. The lowest BCUT2D eigenvalue weighted by Gasteiger charge is -2.36. The minimum atomic E-state index is -1.49. The van der Waals surface area contributed by atoms with Gasteiger partial charge in [-0.15, -0.1) is 0 Å². The van der Waals surface area contributed by atoms with E-state index in [9.17, 15) is 24.3 Å². The lowest BCUT2D eigenvalue weighted by Crippen LogP contribution is -2.56. The monoisotopic (exact) mass is 755 g/mol. The number of cyclic esters (lactones) is 1. The maximum Gasteiger partial charge on any atom is 0.313 e. The lowest BCUT2D eigenvalue weighted by molar-refractivity contribution is -0.162. The molecule has 2 fully saturated rings. The number of likely N-dealkylation sites (tertiary alicyclic amines) is 1. The molecule has 4 heterocycles. The molecule has 11 nitrogen and oxygen atoms in total. The van der Waals surface area contributed by atoms with Crippen molar-refractivity contribution in [1.82, 2.24) is 10.2 Å². The van der Waals surface area contributed by atoms with Gasteiger partial charge in [-0.3, -0.25) is 19.2 Å². The molecule has 2 aromatic rings.